The van der Waals surface area contributed by atoms with Gasteiger partial charge >= 0.3 is 0 Å². The molecule has 1 fully saturated rings. The van der Waals surface area contributed by atoms with Crippen molar-refractivity contribution in [3.05, 3.63) is 63.7 Å². The second kappa shape index (κ2) is 7.59. The van der Waals surface area contributed by atoms with Crippen molar-refractivity contribution >= 4 is 34.9 Å². The summed E-state index contributed by atoms with van der Waals surface area (Å²) in [5, 5.41) is 16.5. The van der Waals surface area contributed by atoms with Gasteiger partial charge in [0.15, 0.2) is 0 Å². The van der Waals surface area contributed by atoms with Crippen LogP contribution in [-0.4, -0.2) is 37.6 Å². The van der Waals surface area contributed by atoms with Crippen LogP contribution in [-0.2, 0) is 23.3 Å². The van der Waals surface area contributed by atoms with Gasteiger partial charge in [0.2, 0.25) is 0 Å². The van der Waals surface area contributed by atoms with Crippen LogP contribution >= 0.6 is 11.6 Å². The van der Waals surface area contributed by atoms with E-state index in [0.717, 1.165) is 12.1 Å². The molecule has 3 heterocycles. The van der Waals surface area contributed by atoms with Crippen LogP contribution in [0.5, 0.6) is 0 Å². The second-order valence-electron chi connectivity index (χ2n) is 8.24. The fraction of sp³-hybridized carbons (Fsp3) is 0.318. The number of Topliss-reactive ketones (excluding diaryl/α,β-unsaturated/α-hetero) is 1. The maximum Gasteiger partial charge on any atom is 0.293 e. The van der Waals surface area contributed by atoms with Crippen molar-refractivity contribution in [1.29, 1.82) is 0 Å². The molecule has 1 aliphatic heterocycles. The predicted molar refractivity (Wildman–Crippen MR) is 117 cm³/mol. The molecule has 0 spiro atoms. The number of anilines is 1. The maximum atomic E-state index is 13.2. The molecule has 2 amide bonds. The number of aromatic amines is 1. The number of nitrogens with one attached hydrogen (secondary N) is 3. The highest BCUT2D eigenvalue weighted by Crippen LogP contribution is 2.44. The van der Waals surface area contributed by atoms with Gasteiger partial charge in [-0.3, -0.25) is 19.5 Å². The number of carbonyl (C=O) groups is 3. The van der Waals surface area contributed by atoms with Crippen molar-refractivity contribution in [2.24, 2.45) is 0 Å². The molecule has 5 rings (SSSR count). The Kier molecular flexibility index (Phi) is 4.85. The van der Waals surface area contributed by atoms with Crippen LogP contribution in [0.25, 0.3) is 0 Å². The normalized spacial score (nSPS) is 15.8. The van der Waals surface area contributed by atoms with Gasteiger partial charge in [0.1, 0.15) is 11.4 Å². The molecule has 10 heteroatoms. The van der Waals surface area contributed by atoms with Gasteiger partial charge in [-0.2, -0.15) is 0 Å². The van der Waals surface area contributed by atoms with Crippen LogP contribution in [0.2, 0.25) is 5.02 Å². The summed E-state index contributed by atoms with van der Waals surface area (Å²) in [5.41, 5.74) is 2.46. The van der Waals surface area contributed by atoms with E-state index in [2.05, 4.69) is 26.0 Å². The summed E-state index contributed by atoms with van der Waals surface area (Å²) in [4.78, 5) is 39.2. The molecule has 1 aromatic carbocycles. The van der Waals surface area contributed by atoms with E-state index in [1.807, 2.05) is 4.57 Å². The minimum Gasteiger partial charge on any atom is -0.340 e. The molecule has 3 aromatic rings. The summed E-state index contributed by atoms with van der Waals surface area (Å²) in [5.74, 6) is -1.67. The molecular weight excluding hydrogens is 432 g/mol. The van der Waals surface area contributed by atoms with Gasteiger partial charge in [0.25, 0.3) is 17.6 Å². The third-order valence-corrected chi connectivity index (χ3v) is 6.39. The first-order chi connectivity index (χ1) is 15.4. The zero-order valence-corrected chi connectivity index (χ0v) is 18.1. The van der Waals surface area contributed by atoms with Crippen molar-refractivity contribution in [1.82, 2.24) is 25.3 Å². The Hall–Kier alpha value is -3.46. The molecule has 1 saturated carbocycles. The van der Waals surface area contributed by atoms with E-state index in [1.54, 1.807) is 37.4 Å². The molecule has 2 aromatic heterocycles. The quantitative estimate of drug-likeness (QED) is 0.392. The molecule has 0 radical (unpaired) electrons. The van der Waals surface area contributed by atoms with Crippen molar-refractivity contribution in [3.8, 4) is 0 Å². The standard InChI is InChI=1S/C22H21ClN6O3/c1-12-17(19(30)21(32)26-22(7-8-22)16-11-24-28-27-16)15-6-3-9-29(15)18(12)20(31)25-14-5-2-4-13(23)10-14/h2,4-5,10-11H,3,6-9H2,1H3,(H,25,31)(H,26,32)(H,24,27,28). The lowest BCUT2D eigenvalue weighted by molar-refractivity contribution is -0.118. The molecule has 3 N–H and O–H groups in total. The van der Waals surface area contributed by atoms with Gasteiger partial charge < -0.3 is 15.2 Å². The number of aromatic nitrogens is 4. The number of halogens is 1. The number of ketones is 1. The van der Waals surface area contributed by atoms with E-state index in [0.29, 0.717) is 59.0 Å². The SMILES string of the molecule is Cc1c(C(=O)C(=O)NC2(c3c[nH]nn3)CC2)c2n(c1C(=O)Nc1cccc(Cl)c1)CCC2. The van der Waals surface area contributed by atoms with Gasteiger partial charge in [-0.1, -0.05) is 22.9 Å². The molecule has 32 heavy (non-hydrogen) atoms. The minimum atomic E-state index is -0.698. The van der Waals surface area contributed by atoms with E-state index < -0.39 is 17.2 Å². The fourth-order valence-electron chi connectivity index (χ4n) is 4.46. The maximum absolute atomic E-state index is 13.2. The Labute approximate surface area is 188 Å². The Balaban J connectivity index is 1.43. The molecule has 9 nitrogen and oxygen atoms in total. The van der Waals surface area contributed by atoms with Gasteiger partial charge in [-0.15, -0.1) is 5.10 Å². The number of hydrogen-bond donors (Lipinski definition) is 3. The second-order valence-corrected chi connectivity index (χ2v) is 8.68. The summed E-state index contributed by atoms with van der Waals surface area (Å²) < 4.78 is 1.85. The highest BCUT2D eigenvalue weighted by Gasteiger charge is 2.49. The van der Waals surface area contributed by atoms with E-state index in [4.69, 9.17) is 11.6 Å². The first-order valence-corrected chi connectivity index (χ1v) is 10.8. The molecule has 164 valence electrons. The highest BCUT2D eigenvalue weighted by molar-refractivity contribution is 6.44. The summed E-state index contributed by atoms with van der Waals surface area (Å²) >= 11 is 6.02. The van der Waals surface area contributed by atoms with E-state index in [9.17, 15) is 14.4 Å². The summed E-state index contributed by atoms with van der Waals surface area (Å²) in [6.45, 7) is 2.33. The van der Waals surface area contributed by atoms with Crippen molar-refractivity contribution in [2.75, 3.05) is 5.32 Å². The Morgan fingerprint density at radius 3 is 2.75 bits per heavy atom. The lowest BCUT2D eigenvalue weighted by Crippen LogP contribution is -2.40. The number of benzene rings is 1. The Morgan fingerprint density at radius 1 is 1.25 bits per heavy atom. The Morgan fingerprint density at radius 2 is 2.06 bits per heavy atom. The van der Waals surface area contributed by atoms with Crippen LogP contribution in [0.3, 0.4) is 0 Å². The number of H-pyrrole nitrogens is 1. The van der Waals surface area contributed by atoms with Gasteiger partial charge in [0, 0.05) is 29.1 Å². The van der Waals surface area contributed by atoms with Crippen molar-refractivity contribution in [3.63, 3.8) is 0 Å². The van der Waals surface area contributed by atoms with Crippen molar-refractivity contribution < 1.29 is 14.4 Å². The molecule has 0 atom stereocenters. The largest absolute Gasteiger partial charge is 0.340 e. The molecule has 0 unspecified atom stereocenters. The summed E-state index contributed by atoms with van der Waals surface area (Å²) in [6, 6.07) is 6.86. The third-order valence-electron chi connectivity index (χ3n) is 6.15. The number of hydrogen-bond acceptors (Lipinski definition) is 5. The molecule has 1 aliphatic carbocycles. The smallest absolute Gasteiger partial charge is 0.293 e. The lowest BCUT2D eigenvalue weighted by atomic mass is 10.0. The van der Waals surface area contributed by atoms with Crippen molar-refractivity contribution in [2.45, 2.75) is 44.7 Å². The topological polar surface area (TPSA) is 122 Å². The number of nitrogens with zero attached hydrogens (tertiary/aromatic N) is 3. The first kappa shape index (κ1) is 20.4. The average Bonchev–Trinajstić information content (AvgIpc) is 3.13. The highest BCUT2D eigenvalue weighted by atomic mass is 35.5. The Bertz CT molecular complexity index is 1240. The van der Waals surface area contributed by atoms with Crippen LogP contribution in [0.15, 0.2) is 30.5 Å². The number of carbonyl (C=O) groups excluding carboxylic acids is 3. The molecule has 0 saturated heterocycles. The van der Waals surface area contributed by atoms with Gasteiger partial charge in [-0.05, 0) is 56.4 Å². The third kappa shape index (κ3) is 3.38. The van der Waals surface area contributed by atoms with E-state index in [1.165, 1.54) is 0 Å². The van der Waals surface area contributed by atoms with Crippen LogP contribution in [0.1, 0.15) is 57.1 Å². The van der Waals surface area contributed by atoms with Crippen LogP contribution in [0.4, 0.5) is 5.69 Å². The monoisotopic (exact) mass is 452 g/mol. The molecular formula is C22H21ClN6O3. The predicted octanol–water partition coefficient (Wildman–Crippen LogP) is 2.75. The van der Waals surface area contributed by atoms with Crippen LogP contribution < -0.4 is 10.6 Å². The average molecular weight is 453 g/mol. The van der Waals surface area contributed by atoms with Crippen LogP contribution in [0, 0.1) is 6.92 Å². The first-order valence-electron chi connectivity index (χ1n) is 10.4. The number of amides is 2. The molecule has 0 bridgehead atoms. The van der Waals surface area contributed by atoms with E-state index in [-0.39, 0.29) is 5.91 Å². The van der Waals surface area contributed by atoms with E-state index >= 15 is 0 Å². The van der Waals surface area contributed by atoms with Gasteiger partial charge in [0.05, 0.1) is 11.1 Å². The zero-order valence-electron chi connectivity index (χ0n) is 17.4. The molecule has 2 aliphatic rings. The summed E-state index contributed by atoms with van der Waals surface area (Å²) in [6.07, 6.45) is 4.45. The lowest BCUT2D eigenvalue weighted by Gasteiger charge is -2.14. The number of rotatable bonds is 6. The number of fused-ring (bicyclic) bond motifs is 1. The summed E-state index contributed by atoms with van der Waals surface area (Å²) in [7, 11) is 0. The fourth-order valence-corrected chi connectivity index (χ4v) is 4.65. The zero-order chi connectivity index (χ0) is 22.5. The minimum absolute atomic E-state index is 0.312. The van der Waals surface area contributed by atoms with Gasteiger partial charge in [-0.25, -0.2) is 0 Å².